The van der Waals surface area contributed by atoms with E-state index in [2.05, 4.69) is 11.8 Å². The molecule has 2 rings (SSSR count). The van der Waals surface area contributed by atoms with Gasteiger partial charge in [0.25, 0.3) is 0 Å². The summed E-state index contributed by atoms with van der Waals surface area (Å²) in [5.41, 5.74) is 1.73. The van der Waals surface area contributed by atoms with Gasteiger partial charge in [-0.05, 0) is 37.0 Å². The summed E-state index contributed by atoms with van der Waals surface area (Å²) in [6.45, 7) is 4.33. The molecular formula is C14H18ClNO. The first-order chi connectivity index (χ1) is 8.24. The van der Waals surface area contributed by atoms with Crippen LogP contribution in [0.2, 0.25) is 5.02 Å². The molecule has 0 bridgehead atoms. The van der Waals surface area contributed by atoms with E-state index in [1.165, 1.54) is 19.3 Å². The molecule has 0 radical (unpaired) electrons. The molecule has 1 saturated heterocycles. The Morgan fingerprint density at radius 1 is 1.41 bits per heavy atom. The standard InChI is InChI=1S/C14H18ClNO/c1-2-11-5-7-16(8-6-11)14-4-3-13(15)9-12(14)10-17/h3-4,9-11H,2,5-8H2,1H3. The van der Waals surface area contributed by atoms with Gasteiger partial charge >= 0.3 is 0 Å². The van der Waals surface area contributed by atoms with Crippen LogP contribution in [0, 0.1) is 5.92 Å². The molecule has 0 unspecified atom stereocenters. The summed E-state index contributed by atoms with van der Waals surface area (Å²) >= 11 is 5.90. The van der Waals surface area contributed by atoms with Gasteiger partial charge in [0, 0.05) is 29.4 Å². The van der Waals surface area contributed by atoms with Gasteiger partial charge in [0.15, 0.2) is 6.29 Å². The zero-order valence-electron chi connectivity index (χ0n) is 10.2. The van der Waals surface area contributed by atoms with Crippen molar-refractivity contribution in [1.82, 2.24) is 0 Å². The number of piperidine rings is 1. The number of aldehydes is 1. The zero-order chi connectivity index (χ0) is 12.3. The van der Waals surface area contributed by atoms with Gasteiger partial charge in [-0.15, -0.1) is 0 Å². The molecule has 1 aromatic rings. The number of anilines is 1. The SMILES string of the molecule is CCC1CCN(c2ccc(Cl)cc2C=O)CC1. The molecule has 1 aromatic carbocycles. The van der Waals surface area contributed by atoms with E-state index < -0.39 is 0 Å². The third-order valence-corrected chi connectivity index (χ3v) is 3.88. The van der Waals surface area contributed by atoms with E-state index in [4.69, 9.17) is 11.6 Å². The predicted molar refractivity (Wildman–Crippen MR) is 72.1 cm³/mol. The summed E-state index contributed by atoms with van der Waals surface area (Å²) in [5, 5.41) is 0.624. The average Bonchev–Trinajstić information content (AvgIpc) is 2.39. The van der Waals surface area contributed by atoms with Crippen molar-refractivity contribution in [3.05, 3.63) is 28.8 Å². The predicted octanol–water partition coefficient (Wildman–Crippen LogP) is 3.78. The number of hydrogen-bond acceptors (Lipinski definition) is 2. The number of benzene rings is 1. The molecular weight excluding hydrogens is 234 g/mol. The molecule has 0 N–H and O–H groups in total. The minimum Gasteiger partial charge on any atom is -0.371 e. The largest absolute Gasteiger partial charge is 0.371 e. The molecule has 92 valence electrons. The van der Waals surface area contributed by atoms with Gasteiger partial charge < -0.3 is 4.90 Å². The lowest BCUT2D eigenvalue weighted by Crippen LogP contribution is -2.34. The summed E-state index contributed by atoms with van der Waals surface area (Å²) in [6, 6.07) is 5.56. The van der Waals surface area contributed by atoms with Gasteiger partial charge in [0.05, 0.1) is 0 Å². The lowest BCUT2D eigenvalue weighted by molar-refractivity contribution is 0.112. The number of carbonyl (C=O) groups excluding carboxylic acids is 1. The lowest BCUT2D eigenvalue weighted by atomic mass is 9.94. The van der Waals surface area contributed by atoms with Crippen molar-refractivity contribution in [2.75, 3.05) is 18.0 Å². The van der Waals surface area contributed by atoms with Crippen molar-refractivity contribution in [3.63, 3.8) is 0 Å². The van der Waals surface area contributed by atoms with Crippen LogP contribution in [0.4, 0.5) is 5.69 Å². The van der Waals surface area contributed by atoms with Crippen LogP contribution in [0.25, 0.3) is 0 Å². The quantitative estimate of drug-likeness (QED) is 0.762. The zero-order valence-corrected chi connectivity index (χ0v) is 10.9. The van der Waals surface area contributed by atoms with Crippen molar-refractivity contribution < 1.29 is 4.79 Å². The van der Waals surface area contributed by atoms with Crippen molar-refractivity contribution in [1.29, 1.82) is 0 Å². The number of nitrogens with zero attached hydrogens (tertiary/aromatic N) is 1. The Labute approximate surface area is 108 Å². The third-order valence-electron chi connectivity index (χ3n) is 3.65. The van der Waals surface area contributed by atoms with Gasteiger partial charge in [-0.1, -0.05) is 24.9 Å². The first-order valence-electron chi connectivity index (χ1n) is 6.24. The normalized spacial score (nSPS) is 17.2. The summed E-state index contributed by atoms with van der Waals surface area (Å²) < 4.78 is 0. The summed E-state index contributed by atoms with van der Waals surface area (Å²) in [7, 11) is 0. The van der Waals surface area contributed by atoms with E-state index in [0.717, 1.165) is 31.0 Å². The Kier molecular flexibility index (Phi) is 4.06. The minimum atomic E-state index is 0.624. The fraction of sp³-hybridized carbons (Fsp3) is 0.500. The van der Waals surface area contributed by atoms with E-state index in [9.17, 15) is 4.79 Å². The molecule has 2 nitrogen and oxygen atoms in total. The number of carbonyl (C=O) groups is 1. The van der Waals surface area contributed by atoms with Gasteiger partial charge in [0.2, 0.25) is 0 Å². The molecule has 0 atom stereocenters. The highest BCUT2D eigenvalue weighted by Crippen LogP contribution is 2.28. The maximum Gasteiger partial charge on any atom is 0.152 e. The monoisotopic (exact) mass is 251 g/mol. The van der Waals surface area contributed by atoms with Gasteiger partial charge in [-0.2, -0.15) is 0 Å². The summed E-state index contributed by atoms with van der Waals surface area (Å²) in [5.74, 6) is 0.846. The van der Waals surface area contributed by atoms with E-state index in [1.807, 2.05) is 12.1 Å². The highest BCUT2D eigenvalue weighted by molar-refractivity contribution is 6.31. The second kappa shape index (κ2) is 5.54. The van der Waals surface area contributed by atoms with E-state index in [-0.39, 0.29) is 0 Å². The van der Waals surface area contributed by atoms with Crippen LogP contribution in [-0.2, 0) is 0 Å². The third kappa shape index (κ3) is 2.81. The number of halogens is 1. The fourth-order valence-corrected chi connectivity index (χ4v) is 2.67. The Morgan fingerprint density at radius 2 is 2.12 bits per heavy atom. The van der Waals surface area contributed by atoms with Crippen LogP contribution in [0.15, 0.2) is 18.2 Å². The van der Waals surface area contributed by atoms with Crippen molar-refractivity contribution in [2.24, 2.45) is 5.92 Å². The molecule has 1 fully saturated rings. The first-order valence-corrected chi connectivity index (χ1v) is 6.62. The lowest BCUT2D eigenvalue weighted by Gasteiger charge is -2.34. The van der Waals surface area contributed by atoms with Gasteiger partial charge in [0.1, 0.15) is 0 Å². The molecule has 1 aliphatic rings. The molecule has 1 aliphatic heterocycles. The average molecular weight is 252 g/mol. The summed E-state index contributed by atoms with van der Waals surface area (Å²) in [4.78, 5) is 13.4. The maximum absolute atomic E-state index is 11.1. The molecule has 0 aromatic heterocycles. The number of rotatable bonds is 3. The Bertz CT molecular complexity index is 397. The van der Waals surface area contributed by atoms with Crippen LogP contribution in [0.5, 0.6) is 0 Å². The first kappa shape index (κ1) is 12.4. The molecule has 17 heavy (non-hydrogen) atoms. The maximum atomic E-state index is 11.1. The molecule has 1 heterocycles. The van der Waals surface area contributed by atoms with Crippen molar-refractivity contribution in [3.8, 4) is 0 Å². The van der Waals surface area contributed by atoms with Crippen molar-refractivity contribution >= 4 is 23.6 Å². The summed E-state index contributed by atoms with van der Waals surface area (Å²) in [6.07, 6.45) is 4.59. The highest BCUT2D eigenvalue weighted by atomic mass is 35.5. The fourth-order valence-electron chi connectivity index (χ4n) is 2.49. The Balaban J connectivity index is 2.15. The van der Waals surface area contributed by atoms with E-state index in [1.54, 1.807) is 6.07 Å². The van der Waals surface area contributed by atoms with Gasteiger partial charge in [-0.3, -0.25) is 4.79 Å². The van der Waals surface area contributed by atoms with Crippen LogP contribution < -0.4 is 4.90 Å². The van der Waals surface area contributed by atoms with Crippen LogP contribution >= 0.6 is 11.6 Å². The van der Waals surface area contributed by atoms with Crippen molar-refractivity contribution in [2.45, 2.75) is 26.2 Å². The van der Waals surface area contributed by atoms with Gasteiger partial charge in [-0.25, -0.2) is 0 Å². The molecule has 0 spiro atoms. The molecule has 0 amide bonds. The Morgan fingerprint density at radius 3 is 2.71 bits per heavy atom. The van der Waals surface area contributed by atoms with E-state index >= 15 is 0 Å². The topological polar surface area (TPSA) is 20.3 Å². The Hall–Kier alpha value is -1.02. The number of hydrogen-bond donors (Lipinski definition) is 0. The minimum absolute atomic E-state index is 0.624. The van der Waals surface area contributed by atoms with Crippen LogP contribution in [0.1, 0.15) is 36.5 Å². The molecule has 3 heteroatoms. The van der Waals surface area contributed by atoms with E-state index in [0.29, 0.717) is 10.6 Å². The molecule has 0 aliphatic carbocycles. The smallest absolute Gasteiger partial charge is 0.152 e. The second-order valence-electron chi connectivity index (χ2n) is 4.66. The van der Waals surface area contributed by atoms with Crippen LogP contribution in [-0.4, -0.2) is 19.4 Å². The molecule has 0 saturated carbocycles. The highest BCUT2D eigenvalue weighted by Gasteiger charge is 2.19. The second-order valence-corrected chi connectivity index (χ2v) is 5.10. The van der Waals surface area contributed by atoms with Crippen LogP contribution in [0.3, 0.4) is 0 Å².